The van der Waals surface area contributed by atoms with Gasteiger partial charge in [-0.2, -0.15) is 4.98 Å². The van der Waals surface area contributed by atoms with Gasteiger partial charge in [-0.3, -0.25) is 5.43 Å². The molecule has 6 nitrogen and oxygen atoms in total. The smallest absolute Gasteiger partial charge is 0.240 e. The summed E-state index contributed by atoms with van der Waals surface area (Å²) in [6, 6.07) is 2.16. The molecule has 0 radical (unpaired) electrons. The SMILES string of the molecule is CCc1cc2c(NCCCCCOC)nc(NN)nc2s1. The maximum atomic E-state index is 5.45. The minimum absolute atomic E-state index is 0.453. The average Bonchev–Trinajstić information content (AvgIpc) is 2.93. The molecule has 0 aliphatic carbocycles. The van der Waals surface area contributed by atoms with Gasteiger partial charge in [-0.05, 0) is 31.7 Å². The van der Waals surface area contributed by atoms with Gasteiger partial charge in [0, 0.05) is 25.1 Å². The fraction of sp³-hybridized carbons (Fsp3) is 0.571. The summed E-state index contributed by atoms with van der Waals surface area (Å²) in [4.78, 5) is 11.1. The lowest BCUT2D eigenvalue weighted by Gasteiger charge is -2.08. The Morgan fingerprint density at radius 3 is 2.86 bits per heavy atom. The van der Waals surface area contributed by atoms with Crippen LogP contribution in [0.4, 0.5) is 11.8 Å². The van der Waals surface area contributed by atoms with Crippen molar-refractivity contribution in [2.75, 3.05) is 31.0 Å². The number of ether oxygens (including phenoxy) is 1. The summed E-state index contributed by atoms with van der Waals surface area (Å²) in [7, 11) is 1.74. The highest BCUT2D eigenvalue weighted by Gasteiger charge is 2.10. The van der Waals surface area contributed by atoms with Crippen molar-refractivity contribution in [1.82, 2.24) is 9.97 Å². The molecule has 2 aromatic heterocycles. The van der Waals surface area contributed by atoms with Crippen molar-refractivity contribution in [3.63, 3.8) is 0 Å². The Morgan fingerprint density at radius 1 is 1.29 bits per heavy atom. The topological polar surface area (TPSA) is 85.1 Å². The molecule has 0 saturated heterocycles. The van der Waals surface area contributed by atoms with Gasteiger partial charge >= 0.3 is 0 Å². The van der Waals surface area contributed by atoms with Crippen LogP contribution in [0.5, 0.6) is 0 Å². The lowest BCUT2D eigenvalue weighted by molar-refractivity contribution is 0.192. The fourth-order valence-corrected chi connectivity index (χ4v) is 3.07. The van der Waals surface area contributed by atoms with E-state index < -0.39 is 0 Å². The number of thiophene rings is 1. The summed E-state index contributed by atoms with van der Waals surface area (Å²) in [6.07, 6.45) is 4.32. The van der Waals surface area contributed by atoms with Crippen LogP contribution < -0.4 is 16.6 Å². The Kier molecular flexibility index (Phi) is 6.16. The minimum Gasteiger partial charge on any atom is -0.385 e. The maximum absolute atomic E-state index is 5.45. The first-order chi connectivity index (χ1) is 10.3. The molecule has 7 heteroatoms. The summed E-state index contributed by atoms with van der Waals surface area (Å²) in [5, 5.41) is 4.47. The zero-order chi connectivity index (χ0) is 15.1. The number of hydrogen-bond donors (Lipinski definition) is 3. The quantitative estimate of drug-likeness (QED) is 0.375. The average molecular weight is 309 g/mol. The normalized spacial score (nSPS) is 11.0. The number of methoxy groups -OCH3 is 1. The van der Waals surface area contributed by atoms with Gasteiger partial charge < -0.3 is 10.1 Å². The number of aromatic nitrogens is 2. The zero-order valence-corrected chi connectivity index (χ0v) is 13.4. The van der Waals surface area contributed by atoms with Gasteiger partial charge in [-0.15, -0.1) is 11.3 Å². The Hall–Kier alpha value is -1.44. The van der Waals surface area contributed by atoms with Crippen LogP contribution in [-0.2, 0) is 11.2 Å². The molecule has 2 aromatic rings. The number of nitrogen functional groups attached to an aromatic ring is 1. The molecule has 0 fully saturated rings. The van der Waals surface area contributed by atoms with Crippen molar-refractivity contribution < 1.29 is 4.74 Å². The number of nitrogens with one attached hydrogen (secondary N) is 2. The molecule has 0 amide bonds. The Bertz CT molecular complexity index is 572. The van der Waals surface area contributed by atoms with Gasteiger partial charge in [0.05, 0.1) is 5.39 Å². The second kappa shape index (κ2) is 8.11. The number of nitrogens with two attached hydrogens (primary N) is 1. The fourth-order valence-electron chi connectivity index (χ4n) is 2.10. The molecule has 0 unspecified atom stereocenters. The predicted molar refractivity (Wildman–Crippen MR) is 88.8 cm³/mol. The van der Waals surface area contributed by atoms with Gasteiger partial charge in [0.2, 0.25) is 5.95 Å². The van der Waals surface area contributed by atoms with Crippen LogP contribution in [0.15, 0.2) is 6.07 Å². The number of rotatable bonds is 9. The van der Waals surface area contributed by atoms with Crippen LogP contribution >= 0.6 is 11.3 Å². The van der Waals surface area contributed by atoms with Crippen molar-refractivity contribution in [3.05, 3.63) is 10.9 Å². The van der Waals surface area contributed by atoms with Crippen molar-refractivity contribution in [2.45, 2.75) is 32.6 Å². The third-order valence-electron chi connectivity index (χ3n) is 3.24. The molecule has 0 aromatic carbocycles. The van der Waals surface area contributed by atoms with E-state index in [4.69, 9.17) is 10.6 Å². The van der Waals surface area contributed by atoms with E-state index in [-0.39, 0.29) is 0 Å². The number of hydrogen-bond acceptors (Lipinski definition) is 7. The number of nitrogens with zero attached hydrogens (tertiary/aromatic N) is 2. The van der Waals surface area contributed by atoms with Crippen molar-refractivity contribution in [3.8, 4) is 0 Å². The van der Waals surface area contributed by atoms with E-state index in [1.54, 1.807) is 18.4 Å². The van der Waals surface area contributed by atoms with Gasteiger partial charge in [-0.25, -0.2) is 10.8 Å². The first kappa shape index (κ1) is 15.9. The van der Waals surface area contributed by atoms with Crippen molar-refractivity contribution >= 4 is 33.3 Å². The highest BCUT2D eigenvalue weighted by Crippen LogP contribution is 2.30. The summed E-state index contributed by atoms with van der Waals surface area (Å²) in [6.45, 7) is 3.85. The molecule has 0 bridgehead atoms. The first-order valence-electron chi connectivity index (χ1n) is 7.28. The first-order valence-corrected chi connectivity index (χ1v) is 8.10. The van der Waals surface area contributed by atoms with Crippen LogP contribution in [0, 0.1) is 0 Å². The van der Waals surface area contributed by atoms with E-state index in [0.717, 1.165) is 54.9 Å². The molecule has 21 heavy (non-hydrogen) atoms. The lowest BCUT2D eigenvalue weighted by Crippen LogP contribution is -2.12. The van der Waals surface area contributed by atoms with Crippen molar-refractivity contribution in [2.24, 2.45) is 5.84 Å². The van der Waals surface area contributed by atoms with Crippen LogP contribution in [0.3, 0.4) is 0 Å². The van der Waals surface area contributed by atoms with Crippen LogP contribution in [0.2, 0.25) is 0 Å². The van der Waals surface area contributed by atoms with Crippen LogP contribution in [0.25, 0.3) is 10.2 Å². The van der Waals surface area contributed by atoms with Gasteiger partial charge in [0.1, 0.15) is 10.6 Å². The zero-order valence-electron chi connectivity index (χ0n) is 12.6. The molecule has 0 atom stereocenters. The predicted octanol–water partition coefficient (Wildman–Crippen LogP) is 2.77. The molecule has 116 valence electrons. The number of anilines is 2. The van der Waals surface area contributed by atoms with Crippen LogP contribution in [0.1, 0.15) is 31.1 Å². The van der Waals surface area contributed by atoms with Crippen molar-refractivity contribution in [1.29, 1.82) is 0 Å². The number of hydrazine groups is 1. The third-order valence-corrected chi connectivity index (χ3v) is 4.41. The molecule has 0 saturated carbocycles. The molecule has 0 spiro atoms. The second-order valence-electron chi connectivity index (χ2n) is 4.81. The highest BCUT2D eigenvalue weighted by atomic mass is 32.1. The highest BCUT2D eigenvalue weighted by molar-refractivity contribution is 7.18. The molecular formula is C14H23N5OS. The lowest BCUT2D eigenvalue weighted by atomic mass is 10.2. The van der Waals surface area contributed by atoms with E-state index in [0.29, 0.717) is 5.95 Å². The van der Waals surface area contributed by atoms with E-state index in [2.05, 4.69) is 33.7 Å². The summed E-state index contributed by atoms with van der Waals surface area (Å²) in [5.41, 5.74) is 2.53. The second-order valence-corrected chi connectivity index (χ2v) is 5.92. The molecular weight excluding hydrogens is 286 g/mol. The summed E-state index contributed by atoms with van der Waals surface area (Å²) >= 11 is 1.69. The molecule has 4 N–H and O–H groups in total. The number of fused-ring (bicyclic) bond motifs is 1. The molecule has 2 rings (SSSR count). The number of unbranched alkanes of at least 4 members (excludes halogenated alkanes) is 2. The van der Waals surface area contributed by atoms with E-state index in [1.165, 1.54) is 4.88 Å². The summed E-state index contributed by atoms with van der Waals surface area (Å²) < 4.78 is 5.05. The van der Waals surface area contributed by atoms with Gasteiger partial charge in [0.25, 0.3) is 0 Å². The Morgan fingerprint density at radius 2 is 2.14 bits per heavy atom. The van der Waals surface area contributed by atoms with Gasteiger partial charge in [0.15, 0.2) is 0 Å². The third kappa shape index (κ3) is 4.26. The maximum Gasteiger partial charge on any atom is 0.240 e. The monoisotopic (exact) mass is 309 g/mol. The van der Waals surface area contributed by atoms with E-state index in [1.807, 2.05) is 0 Å². The van der Waals surface area contributed by atoms with Gasteiger partial charge in [-0.1, -0.05) is 6.92 Å². The Labute approximate surface area is 129 Å². The molecule has 2 heterocycles. The molecule has 0 aliphatic heterocycles. The number of aryl methyl sites for hydroxylation is 1. The summed E-state index contributed by atoms with van der Waals surface area (Å²) in [5.74, 6) is 6.76. The standard InChI is InChI=1S/C14H23N5OS/c1-3-10-9-11-12(16-7-5-4-6-8-20-2)17-14(19-15)18-13(11)21-10/h9H,3-8,15H2,1-2H3,(H2,16,17,18,19). The van der Waals surface area contributed by atoms with E-state index in [9.17, 15) is 0 Å². The minimum atomic E-state index is 0.453. The Balaban J connectivity index is 2.04. The van der Waals surface area contributed by atoms with Crippen LogP contribution in [-0.4, -0.2) is 30.2 Å². The largest absolute Gasteiger partial charge is 0.385 e. The molecule has 0 aliphatic rings. The van der Waals surface area contributed by atoms with E-state index >= 15 is 0 Å².